The van der Waals surface area contributed by atoms with Gasteiger partial charge in [-0.1, -0.05) is 40.9 Å². The average Bonchev–Trinajstić information content (AvgIpc) is 3.32. The number of pyridine rings is 1. The number of amides is 1. The molecular formula is C22H14Cl3N3O2S. The Bertz CT molecular complexity index is 1240. The van der Waals surface area contributed by atoms with Gasteiger partial charge in [-0.15, -0.1) is 6.58 Å². The highest BCUT2D eigenvalue weighted by molar-refractivity contribution is 8.18. The molecule has 1 amide bonds. The summed E-state index contributed by atoms with van der Waals surface area (Å²) in [5, 5.41) is 1.81. The van der Waals surface area contributed by atoms with Gasteiger partial charge in [0, 0.05) is 29.4 Å². The Morgan fingerprint density at radius 3 is 2.81 bits per heavy atom. The topological polar surface area (TPSA) is 58.7 Å². The Morgan fingerprint density at radius 2 is 2.03 bits per heavy atom. The molecule has 0 aliphatic carbocycles. The lowest BCUT2D eigenvalue weighted by molar-refractivity contribution is -0.121. The molecule has 1 saturated heterocycles. The number of hydrogen-bond donors (Lipinski definition) is 0. The van der Waals surface area contributed by atoms with E-state index >= 15 is 0 Å². The molecule has 3 heterocycles. The Morgan fingerprint density at radius 1 is 1.19 bits per heavy atom. The fourth-order valence-corrected chi connectivity index (χ4v) is 4.36. The molecule has 0 saturated carbocycles. The third-order valence-electron chi connectivity index (χ3n) is 4.25. The van der Waals surface area contributed by atoms with Gasteiger partial charge in [0.2, 0.25) is 0 Å². The van der Waals surface area contributed by atoms with E-state index < -0.39 is 0 Å². The maximum Gasteiger partial charge on any atom is 0.267 e. The zero-order valence-electron chi connectivity index (χ0n) is 15.9. The van der Waals surface area contributed by atoms with E-state index in [4.69, 9.17) is 39.2 Å². The molecule has 0 bridgehead atoms. The summed E-state index contributed by atoms with van der Waals surface area (Å²) in [5.41, 5.74) is 1.15. The highest BCUT2D eigenvalue weighted by atomic mass is 35.5. The van der Waals surface area contributed by atoms with E-state index in [9.17, 15) is 4.79 Å². The molecule has 1 fully saturated rings. The number of furan rings is 1. The summed E-state index contributed by atoms with van der Waals surface area (Å²) in [6.45, 7) is 4.03. The van der Waals surface area contributed by atoms with E-state index in [-0.39, 0.29) is 11.1 Å². The van der Waals surface area contributed by atoms with Crippen molar-refractivity contribution in [3.8, 4) is 11.3 Å². The first kappa shape index (κ1) is 21.7. The number of rotatable bonds is 5. The van der Waals surface area contributed by atoms with Gasteiger partial charge in [-0.25, -0.2) is 9.98 Å². The highest BCUT2D eigenvalue weighted by Crippen LogP contribution is 2.37. The van der Waals surface area contributed by atoms with Crippen molar-refractivity contribution in [2.24, 2.45) is 4.99 Å². The third-order valence-corrected chi connectivity index (χ3v) is 6.11. The van der Waals surface area contributed by atoms with E-state index in [1.54, 1.807) is 60.8 Å². The van der Waals surface area contributed by atoms with Crippen molar-refractivity contribution in [1.82, 2.24) is 9.88 Å². The highest BCUT2D eigenvalue weighted by Gasteiger charge is 2.33. The fraction of sp³-hybridized carbons (Fsp3) is 0.0455. The minimum absolute atomic E-state index is 0.206. The van der Waals surface area contributed by atoms with E-state index in [0.717, 1.165) is 0 Å². The smallest absolute Gasteiger partial charge is 0.267 e. The van der Waals surface area contributed by atoms with Crippen molar-refractivity contribution in [3.63, 3.8) is 0 Å². The van der Waals surface area contributed by atoms with Crippen molar-refractivity contribution in [3.05, 3.63) is 87.2 Å². The van der Waals surface area contributed by atoms with Gasteiger partial charge in [-0.3, -0.25) is 9.69 Å². The van der Waals surface area contributed by atoms with Gasteiger partial charge < -0.3 is 4.42 Å². The van der Waals surface area contributed by atoms with E-state index in [2.05, 4.69) is 16.6 Å². The van der Waals surface area contributed by atoms with Gasteiger partial charge in [-0.2, -0.15) is 0 Å². The molecule has 0 atom stereocenters. The molecule has 0 N–H and O–H groups in total. The number of benzene rings is 1. The summed E-state index contributed by atoms with van der Waals surface area (Å²) in [6, 6.07) is 12.1. The first-order valence-corrected chi connectivity index (χ1v) is 11.0. The Kier molecular flexibility index (Phi) is 6.53. The molecule has 0 radical (unpaired) electrons. The van der Waals surface area contributed by atoms with Crippen molar-refractivity contribution >= 4 is 69.4 Å². The van der Waals surface area contributed by atoms with Crippen molar-refractivity contribution in [2.75, 3.05) is 6.54 Å². The molecule has 1 aliphatic heterocycles. The largest absolute Gasteiger partial charge is 0.457 e. The Labute approximate surface area is 198 Å². The number of thioether (sulfide) groups is 1. The van der Waals surface area contributed by atoms with Crippen LogP contribution in [0.4, 0.5) is 5.69 Å². The number of carbonyl (C=O) groups is 1. The fourth-order valence-electron chi connectivity index (χ4n) is 2.84. The summed E-state index contributed by atoms with van der Waals surface area (Å²) in [6.07, 6.45) is 4.87. The van der Waals surface area contributed by atoms with Crippen LogP contribution in [0.25, 0.3) is 17.4 Å². The van der Waals surface area contributed by atoms with E-state index in [1.807, 2.05) is 0 Å². The molecule has 156 valence electrons. The number of halogens is 3. The van der Waals surface area contributed by atoms with Crippen molar-refractivity contribution in [1.29, 1.82) is 0 Å². The van der Waals surface area contributed by atoms with Crippen LogP contribution in [0, 0.1) is 0 Å². The summed E-state index contributed by atoms with van der Waals surface area (Å²) in [4.78, 5) is 23.4. The maximum absolute atomic E-state index is 12.9. The van der Waals surface area contributed by atoms with Crippen LogP contribution in [0.1, 0.15) is 5.76 Å². The van der Waals surface area contributed by atoms with Gasteiger partial charge in [-0.05, 0) is 54.2 Å². The van der Waals surface area contributed by atoms with Crippen LogP contribution in [-0.4, -0.2) is 27.5 Å². The predicted molar refractivity (Wildman–Crippen MR) is 128 cm³/mol. The van der Waals surface area contributed by atoms with Crippen LogP contribution in [0.5, 0.6) is 0 Å². The molecular weight excluding hydrogens is 477 g/mol. The number of carbonyl (C=O) groups excluding carboxylic acids is 1. The lowest BCUT2D eigenvalue weighted by atomic mass is 10.2. The monoisotopic (exact) mass is 489 g/mol. The van der Waals surface area contributed by atoms with Crippen molar-refractivity contribution < 1.29 is 9.21 Å². The van der Waals surface area contributed by atoms with Crippen LogP contribution in [0.15, 0.2) is 75.6 Å². The van der Waals surface area contributed by atoms with Crippen LogP contribution in [0.3, 0.4) is 0 Å². The Hall–Kier alpha value is -2.51. The minimum atomic E-state index is -0.206. The second kappa shape index (κ2) is 9.32. The molecule has 5 nitrogen and oxygen atoms in total. The molecule has 2 aromatic heterocycles. The van der Waals surface area contributed by atoms with Gasteiger partial charge in [0.15, 0.2) is 10.3 Å². The zero-order chi connectivity index (χ0) is 22.0. The van der Waals surface area contributed by atoms with Crippen LogP contribution in [0.2, 0.25) is 15.2 Å². The maximum atomic E-state index is 12.9. The van der Waals surface area contributed by atoms with Gasteiger partial charge in [0.1, 0.15) is 17.2 Å². The second-order valence-corrected chi connectivity index (χ2v) is 8.56. The summed E-state index contributed by atoms with van der Waals surface area (Å²) in [5.74, 6) is 0.845. The quantitative estimate of drug-likeness (QED) is 0.217. The number of aliphatic imine (C=N–C) groups is 1. The summed E-state index contributed by atoms with van der Waals surface area (Å²) < 4.78 is 5.89. The lowest BCUT2D eigenvalue weighted by Gasteiger charge is -2.12. The van der Waals surface area contributed by atoms with E-state index in [0.29, 0.717) is 49.4 Å². The number of hydrogen-bond acceptors (Lipinski definition) is 5. The second-order valence-electron chi connectivity index (χ2n) is 6.35. The van der Waals surface area contributed by atoms with Gasteiger partial charge >= 0.3 is 0 Å². The SMILES string of the molecule is C=CCN1C(=O)/C(=C\c2ccc(-c3cc(Cl)ccc3Cl)o2)SC1=Nc1cccnc1Cl. The molecule has 9 heteroatoms. The van der Waals surface area contributed by atoms with Crippen LogP contribution < -0.4 is 0 Å². The van der Waals surface area contributed by atoms with E-state index in [1.165, 1.54) is 16.7 Å². The number of nitrogens with zero attached hydrogens (tertiary/aromatic N) is 3. The van der Waals surface area contributed by atoms with Crippen molar-refractivity contribution in [2.45, 2.75) is 0 Å². The first-order chi connectivity index (χ1) is 15.0. The van der Waals surface area contributed by atoms with Crippen LogP contribution in [-0.2, 0) is 4.79 Å². The molecule has 0 unspecified atom stereocenters. The molecule has 0 spiro atoms. The molecule has 1 aliphatic rings. The summed E-state index contributed by atoms with van der Waals surface area (Å²) in [7, 11) is 0. The normalized spacial score (nSPS) is 16.5. The molecule has 3 aromatic rings. The number of aromatic nitrogens is 1. The standard InChI is InChI=1S/C22H14Cl3N3O2S/c1-2-10-28-21(29)19(31-22(28)27-17-4-3-9-26-20(17)25)12-14-6-8-18(30-14)15-11-13(23)5-7-16(15)24/h2-9,11-12H,1,10H2/b19-12+,27-22?. The molecule has 4 rings (SSSR count). The third kappa shape index (κ3) is 4.72. The lowest BCUT2D eigenvalue weighted by Crippen LogP contribution is -2.29. The average molecular weight is 491 g/mol. The molecule has 31 heavy (non-hydrogen) atoms. The zero-order valence-corrected chi connectivity index (χ0v) is 19.0. The van der Waals surface area contributed by atoms with Crippen LogP contribution >= 0.6 is 46.6 Å². The summed E-state index contributed by atoms with van der Waals surface area (Å²) >= 11 is 19.7. The number of amidine groups is 1. The predicted octanol–water partition coefficient (Wildman–Crippen LogP) is 7.09. The minimum Gasteiger partial charge on any atom is -0.457 e. The van der Waals surface area contributed by atoms with Gasteiger partial charge in [0.05, 0.1) is 9.93 Å². The first-order valence-electron chi connectivity index (χ1n) is 9.03. The van der Waals surface area contributed by atoms with Gasteiger partial charge in [0.25, 0.3) is 5.91 Å². The molecule has 1 aromatic carbocycles. The Balaban J connectivity index is 1.66.